The Kier molecular flexibility index (Phi) is 5.02. The normalized spacial score (nSPS) is 10.6. The van der Waals surface area contributed by atoms with Gasteiger partial charge in [-0.3, -0.25) is 10.1 Å². The first kappa shape index (κ1) is 16.5. The van der Waals surface area contributed by atoms with Crippen molar-refractivity contribution in [3.63, 3.8) is 0 Å². The molecule has 23 heavy (non-hydrogen) atoms. The van der Waals surface area contributed by atoms with Crippen LogP contribution in [0.1, 0.15) is 10.4 Å². The van der Waals surface area contributed by atoms with Gasteiger partial charge in [0, 0.05) is 31.0 Å². The van der Waals surface area contributed by atoms with Crippen molar-refractivity contribution in [3.05, 3.63) is 67.9 Å². The molecule has 0 aliphatic heterocycles. The van der Waals surface area contributed by atoms with E-state index in [2.05, 4.69) is 26.2 Å². The van der Waals surface area contributed by atoms with Crippen molar-refractivity contribution >= 4 is 61.5 Å². The maximum atomic E-state index is 12.3. The van der Waals surface area contributed by atoms with Crippen molar-refractivity contribution in [1.29, 1.82) is 0 Å². The molecule has 0 atom stereocenters. The first-order valence-electron chi connectivity index (χ1n) is 6.50. The zero-order valence-electron chi connectivity index (χ0n) is 11.5. The van der Waals surface area contributed by atoms with Crippen LogP contribution in [-0.2, 0) is 0 Å². The fourth-order valence-corrected chi connectivity index (χ4v) is 3.64. The fraction of sp³-hybridized carbons (Fsp3) is 0. The van der Waals surface area contributed by atoms with E-state index in [4.69, 9.17) is 23.2 Å². The lowest BCUT2D eigenvalue weighted by Gasteiger charge is -2.03. The van der Waals surface area contributed by atoms with Crippen LogP contribution in [-0.4, -0.2) is 10.9 Å². The summed E-state index contributed by atoms with van der Waals surface area (Å²) < 4.78 is 0.746. The molecule has 0 unspecified atom stereocenters. The molecule has 1 aromatic heterocycles. The van der Waals surface area contributed by atoms with Gasteiger partial charge in [-0.1, -0.05) is 51.3 Å². The van der Waals surface area contributed by atoms with Crippen molar-refractivity contribution < 1.29 is 4.79 Å². The molecule has 0 saturated carbocycles. The lowest BCUT2D eigenvalue weighted by molar-refractivity contribution is 0.102. The maximum absolute atomic E-state index is 12.3. The van der Waals surface area contributed by atoms with Crippen molar-refractivity contribution in [1.82, 2.24) is 4.98 Å². The van der Waals surface area contributed by atoms with E-state index >= 15 is 0 Å². The Morgan fingerprint density at radius 1 is 1.09 bits per heavy atom. The largest absolute Gasteiger partial charge is 0.298 e. The molecule has 0 radical (unpaired) electrons. The Morgan fingerprint density at radius 3 is 2.52 bits per heavy atom. The maximum Gasteiger partial charge on any atom is 0.257 e. The molecule has 0 aliphatic carbocycles. The van der Waals surface area contributed by atoms with E-state index < -0.39 is 0 Å². The summed E-state index contributed by atoms with van der Waals surface area (Å²) >= 11 is 16.5. The molecule has 1 heterocycles. The van der Waals surface area contributed by atoms with E-state index in [1.54, 1.807) is 30.3 Å². The standard InChI is InChI=1S/C16H9BrCl2N2OS/c17-11-5-10(6-13(19)7-11)15(22)21-16-20-14(8-23-16)9-1-3-12(18)4-2-9/h1-8H,(H,20,21,22). The van der Waals surface area contributed by atoms with Gasteiger partial charge >= 0.3 is 0 Å². The Labute approximate surface area is 155 Å². The number of nitrogens with zero attached hydrogens (tertiary/aromatic N) is 1. The Morgan fingerprint density at radius 2 is 1.83 bits per heavy atom. The number of aromatic nitrogens is 1. The Bertz CT molecular complexity index is 845. The molecular formula is C16H9BrCl2N2OS. The second-order valence-corrected chi connectivity index (χ2v) is 7.30. The van der Waals surface area contributed by atoms with Crippen LogP contribution >= 0.6 is 50.5 Å². The van der Waals surface area contributed by atoms with E-state index in [1.807, 2.05) is 17.5 Å². The molecule has 7 heteroatoms. The average Bonchev–Trinajstić information content (AvgIpc) is 2.95. The van der Waals surface area contributed by atoms with Crippen molar-refractivity contribution in [2.24, 2.45) is 0 Å². The Hall–Kier alpha value is -1.40. The summed E-state index contributed by atoms with van der Waals surface area (Å²) in [7, 11) is 0. The highest BCUT2D eigenvalue weighted by atomic mass is 79.9. The predicted molar refractivity (Wildman–Crippen MR) is 99.7 cm³/mol. The summed E-state index contributed by atoms with van der Waals surface area (Å²) in [5.41, 5.74) is 2.19. The number of halogens is 3. The number of benzene rings is 2. The SMILES string of the molecule is O=C(Nc1nc(-c2ccc(Cl)cc2)cs1)c1cc(Cl)cc(Br)c1. The topological polar surface area (TPSA) is 42.0 Å². The van der Waals surface area contributed by atoms with E-state index in [0.29, 0.717) is 20.7 Å². The third kappa shape index (κ3) is 4.12. The molecular weight excluding hydrogens is 419 g/mol. The zero-order chi connectivity index (χ0) is 16.4. The van der Waals surface area contributed by atoms with Gasteiger partial charge in [-0.25, -0.2) is 4.98 Å². The van der Waals surface area contributed by atoms with Crippen molar-refractivity contribution in [2.75, 3.05) is 5.32 Å². The summed E-state index contributed by atoms with van der Waals surface area (Å²) in [4.78, 5) is 16.7. The number of anilines is 1. The number of hydrogen-bond donors (Lipinski definition) is 1. The molecule has 1 N–H and O–H groups in total. The number of carbonyl (C=O) groups is 1. The molecule has 0 fully saturated rings. The lowest BCUT2D eigenvalue weighted by Crippen LogP contribution is -2.11. The molecule has 0 bridgehead atoms. The predicted octanol–water partition coefficient (Wildman–Crippen LogP) is 6.13. The third-order valence-electron chi connectivity index (χ3n) is 2.99. The van der Waals surface area contributed by atoms with Crippen LogP contribution in [0.25, 0.3) is 11.3 Å². The van der Waals surface area contributed by atoms with E-state index in [1.165, 1.54) is 11.3 Å². The van der Waals surface area contributed by atoms with E-state index in [9.17, 15) is 4.79 Å². The summed E-state index contributed by atoms with van der Waals surface area (Å²) in [6, 6.07) is 12.4. The van der Waals surface area contributed by atoms with Crippen LogP contribution in [0.2, 0.25) is 10.0 Å². The van der Waals surface area contributed by atoms with E-state index in [0.717, 1.165) is 15.7 Å². The quantitative estimate of drug-likeness (QED) is 0.546. The lowest BCUT2D eigenvalue weighted by atomic mass is 10.2. The number of rotatable bonds is 3. The van der Waals surface area contributed by atoms with Gasteiger partial charge in [-0.15, -0.1) is 11.3 Å². The monoisotopic (exact) mass is 426 g/mol. The highest BCUT2D eigenvalue weighted by Gasteiger charge is 2.11. The molecule has 116 valence electrons. The van der Waals surface area contributed by atoms with Crippen molar-refractivity contribution in [3.8, 4) is 11.3 Å². The molecule has 3 aromatic rings. The third-order valence-corrected chi connectivity index (χ3v) is 4.68. The smallest absolute Gasteiger partial charge is 0.257 e. The first-order valence-corrected chi connectivity index (χ1v) is 8.93. The van der Waals surface area contributed by atoms with Crippen LogP contribution < -0.4 is 5.32 Å². The fourth-order valence-electron chi connectivity index (χ4n) is 1.94. The van der Waals surface area contributed by atoms with Crippen LogP contribution in [0, 0.1) is 0 Å². The summed E-state index contributed by atoms with van der Waals surface area (Å²) in [5.74, 6) is -0.259. The molecule has 1 amide bonds. The van der Waals surface area contributed by atoms with Gasteiger partial charge in [-0.05, 0) is 30.3 Å². The minimum Gasteiger partial charge on any atom is -0.298 e. The zero-order valence-corrected chi connectivity index (χ0v) is 15.4. The van der Waals surface area contributed by atoms with Gasteiger partial charge in [-0.2, -0.15) is 0 Å². The van der Waals surface area contributed by atoms with Gasteiger partial charge in [0.1, 0.15) is 0 Å². The second kappa shape index (κ2) is 7.01. The van der Waals surface area contributed by atoms with E-state index in [-0.39, 0.29) is 5.91 Å². The number of thiazole rings is 1. The second-order valence-electron chi connectivity index (χ2n) is 4.66. The van der Waals surface area contributed by atoms with Gasteiger partial charge < -0.3 is 0 Å². The van der Waals surface area contributed by atoms with Gasteiger partial charge in [0.2, 0.25) is 0 Å². The number of hydrogen-bond acceptors (Lipinski definition) is 3. The van der Waals surface area contributed by atoms with Gasteiger partial charge in [0.05, 0.1) is 5.69 Å². The molecule has 3 rings (SSSR count). The highest BCUT2D eigenvalue weighted by Crippen LogP contribution is 2.27. The van der Waals surface area contributed by atoms with Crippen LogP contribution in [0.4, 0.5) is 5.13 Å². The summed E-state index contributed by atoms with van der Waals surface area (Å²) in [6.07, 6.45) is 0. The summed E-state index contributed by atoms with van der Waals surface area (Å²) in [5, 5.41) is 6.34. The van der Waals surface area contributed by atoms with Crippen LogP contribution in [0.3, 0.4) is 0 Å². The van der Waals surface area contributed by atoms with Crippen molar-refractivity contribution in [2.45, 2.75) is 0 Å². The number of nitrogens with one attached hydrogen (secondary N) is 1. The minimum atomic E-state index is -0.259. The first-order chi connectivity index (χ1) is 11.0. The van der Waals surface area contributed by atoms with Gasteiger partial charge in [0.25, 0.3) is 5.91 Å². The van der Waals surface area contributed by atoms with Crippen LogP contribution in [0.5, 0.6) is 0 Å². The Balaban J connectivity index is 1.78. The molecule has 0 spiro atoms. The highest BCUT2D eigenvalue weighted by molar-refractivity contribution is 9.10. The molecule has 0 saturated heterocycles. The molecule has 2 aromatic carbocycles. The number of amides is 1. The summed E-state index contributed by atoms with van der Waals surface area (Å²) in [6.45, 7) is 0. The van der Waals surface area contributed by atoms with Crippen LogP contribution in [0.15, 0.2) is 52.3 Å². The van der Waals surface area contributed by atoms with Gasteiger partial charge in [0.15, 0.2) is 5.13 Å². The minimum absolute atomic E-state index is 0.259. The molecule has 0 aliphatic rings. The average molecular weight is 428 g/mol. The molecule has 3 nitrogen and oxygen atoms in total. The number of carbonyl (C=O) groups excluding carboxylic acids is 1.